The van der Waals surface area contributed by atoms with Crippen LogP contribution < -0.4 is 5.30 Å². The van der Waals surface area contributed by atoms with Gasteiger partial charge in [-0.1, -0.05) is 56.3 Å². The zero-order valence-electron chi connectivity index (χ0n) is 16.5. The first-order valence-corrected chi connectivity index (χ1v) is 11.8. The van der Waals surface area contributed by atoms with Gasteiger partial charge in [0.2, 0.25) is 0 Å². The minimum absolute atomic E-state index is 0.0162. The summed E-state index contributed by atoms with van der Waals surface area (Å²) in [6.07, 6.45) is 2.69. The molecular weight excluding hydrogens is 345 g/mol. The van der Waals surface area contributed by atoms with E-state index in [1.165, 1.54) is 5.56 Å². The van der Waals surface area contributed by atoms with Gasteiger partial charge in [0, 0.05) is 11.5 Å². The summed E-state index contributed by atoms with van der Waals surface area (Å²) in [6, 6.07) is 10.2. The third-order valence-corrected chi connectivity index (χ3v) is 9.63. The van der Waals surface area contributed by atoms with Crippen LogP contribution in [-0.2, 0) is 4.57 Å². The van der Waals surface area contributed by atoms with E-state index in [0.717, 1.165) is 27.9 Å². The molecule has 0 aliphatic carbocycles. The van der Waals surface area contributed by atoms with Crippen molar-refractivity contribution >= 4 is 24.2 Å². The van der Waals surface area contributed by atoms with E-state index in [-0.39, 0.29) is 10.4 Å². The van der Waals surface area contributed by atoms with Gasteiger partial charge in [-0.15, -0.1) is 0 Å². The summed E-state index contributed by atoms with van der Waals surface area (Å²) in [4.78, 5) is 4.47. The summed E-state index contributed by atoms with van der Waals surface area (Å²) < 4.78 is 14.1. The molecule has 2 nitrogen and oxygen atoms in total. The Balaban J connectivity index is 2.50. The number of nitrogens with zero attached hydrogens (tertiary/aromatic N) is 1. The van der Waals surface area contributed by atoms with E-state index in [2.05, 4.69) is 58.7 Å². The van der Waals surface area contributed by atoms with Gasteiger partial charge in [-0.05, 0) is 62.5 Å². The maximum atomic E-state index is 14.1. The zero-order chi connectivity index (χ0) is 18.8. The molecule has 0 fully saturated rings. The van der Waals surface area contributed by atoms with Crippen LogP contribution >= 0.6 is 18.9 Å². The van der Waals surface area contributed by atoms with Crippen LogP contribution in [-0.4, -0.2) is 16.6 Å². The van der Waals surface area contributed by atoms with Crippen molar-refractivity contribution in [3.05, 3.63) is 53.2 Å². The number of aryl methyl sites for hydroxylation is 3. The lowest BCUT2D eigenvalue weighted by Crippen LogP contribution is -2.23. The first-order valence-electron chi connectivity index (χ1n) is 8.74. The number of pyridine rings is 1. The van der Waals surface area contributed by atoms with Crippen molar-refractivity contribution in [2.75, 3.05) is 6.66 Å². The molecule has 2 rings (SSSR count). The highest BCUT2D eigenvalue weighted by atomic mass is 32.2. The molecule has 1 unspecified atom stereocenters. The molecule has 0 aliphatic heterocycles. The lowest BCUT2D eigenvalue weighted by atomic mass is 9.93. The van der Waals surface area contributed by atoms with Crippen LogP contribution in [0, 0.1) is 26.2 Å². The average Bonchev–Trinajstić information content (AvgIpc) is 2.44. The predicted molar refractivity (Wildman–Crippen MR) is 112 cm³/mol. The van der Waals surface area contributed by atoms with Crippen LogP contribution in [0.15, 0.2) is 41.6 Å². The highest BCUT2D eigenvalue weighted by Crippen LogP contribution is 2.57. The van der Waals surface area contributed by atoms with Gasteiger partial charge in [0.25, 0.3) is 0 Å². The molecule has 136 valence electrons. The Hall–Kier alpha value is -1.05. The van der Waals surface area contributed by atoms with Gasteiger partial charge in [-0.3, -0.25) is 0 Å². The van der Waals surface area contributed by atoms with Crippen LogP contribution in [0.2, 0.25) is 0 Å². The third kappa shape index (κ3) is 5.21. The molecule has 1 heterocycles. The zero-order valence-corrected chi connectivity index (χ0v) is 18.2. The van der Waals surface area contributed by atoms with Crippen LogP contribution in [0.1, 0.15) is 43.9 Å². The Morgan fingerprint density at radius 3 is 2.20 bits per heavy atom. The van der Waals surface area contributed by atoms with E-state index in [0.29, 0.717) is 0 Å². The highest BCUT2D eigenvalue weighted by Gasteiger charge is 2.36. The standard InChI is InChI=1S/C21H30NOPS/c1-15-12-16(2)20(17(3)13-15)24(7,23)19(14-21(4,5)6)25-18-10-8-9-11-22-18/h8-13,19H,14H2,1-7H3/t19-,24?/m1/s1. The van der Waals surface area contributed by atoms with Crippen molar-refractivity contribution < 1.29 is 4.57 Å². The number of thioether (sulfide) groups is 1. The fourth-order valence-electron chi connectivity index (χ4n) is 3.41. The molecule has 2 aromatic rings. The summed E-state index contributed by atoms with van der Waals surface area (Å²) in [7, 11) is -2.59. The molecule has 0 spiro atoms. The Bertz CT molecular complexity index is 757. The SMILES string of the molecule is Cc1cc(C)c(P(C)(=O)[C@@H](CC(C)(C)C)Sc2ccccn2)c(C)c1. The van der Waals surface area contributed by atoms with Crippen molar-refractivity contribution in [1.29, 1.82) is 0 Å². The molecule has 1 aromatic heterocycles. The van der Waals surface area contributed by atoms with Crippen LogP contribution in [0.3, 0.4) is 0 Å². The van der Waals surface area contributed by atoms with Gasteiger partial charge in [0.1, 0.15) is 7.14 Å². The summed E-state index contributed by atoms with van der Waals surface area (Å²) in [5.74, 6) is 0. The van der Waals surface area contributed by atoms with Crippen molar-refractivity contribution in [2.45, 2.75) is 58.0 Å². The van der Waals surface area contributed by atoms with Crippen molar-refractivity contribution in [3.8, 4) is 0 Å². The number of rotatable bonds is 5. The maximum Gasteiger partial charge on any atom is 0.126 e. The fraction of sp³-hybridized carbons (Fsp3) is 0.476. The number of hydrogen-bond acceptors (Lipinski definition) is 3. The monoisotopic (exact) mass is 375 g/mol. The van der Waals surface area contributed by atoms with Gasteiger partial charge in [-0.2, -0.15) is 0 Å². The lowest BCUT2D eigenvalue weighted by molar-refractivity contribution is 0.390. The average molecular weight is 376 g/mol. The summed E-state index contributed by atoms with van der Waals surface area (Å²) in [6.45, 7) is 14.9. The second-order valence-electron chi connectivity index (χ2n) is 8.24. The molecule has 0 bridgehead atoms. The van der Waals surface area contributed by atoms with Crippen molar-refractivity contribution in [1.82, 2.24) is 4.98 Å². The molecule has 0 saturated heterocycles. The van der Waals surface area contributed by atoms with Crippen LogP contribution in [0.4, 0.5) is 0 Å². The van der Waals surface area contributed by atoms with Crippen LogP contribution in [0.25, 0.3) is 0 Å². The largest absolute Gasteiger partial charge is 0.318 e. The second kappa shape index (κ2) is 7.68. The molecule has 0 N–H and O–H groups in total. The maximum absolute atomic E-state index is 14.1. The van der Waals surface area contributed by atoms with Crippen molar-refractivity contribution in [3.63, 3.8) is 0 Å². The minimum atomic E-state index is -2.59. The minimum Gasteiger partial charge on any atom is -0.318 e. The summed E-state index contributed by atoms with van der Waals surface area (Å²) >= 11 is 1.66. The third-order valence-electron chi connectivity index (χ3n) is 4.31. The quantitative estimate of drug-likeness (QED) is 0.462. The van der Waals surface area contributed by atoms with E-state index in [9.17, 15) is 4.57 Å². The van der Waals surface area contributed by atoms with E-state index in [1.807, 2.05) is 24.9 Å². The molecule has 0 aliphatic rings. The fourth-order valence-corrected chi connectivity index (χ4v) is 8.71. The van der Waals surface area contributed by atoms with E-state index in [4.69, 9.17) is 0 Å². The molecule has 0 amide bonds. The molecule has 2 atom stereocenters. The van der Waals surface area contributed by atoms with Gasteiger partial charge >= 0.3 is 0 Å². The molecule has 0 saturated carbocycles. The summed E-state index contributed by atoms with van der Waals surface area (Å²) in [5.41, 5.74) is 3.61. The molecule has 25 heavy (non-hydrogen) atoms. The first-order chi connectivity index (χ1) is 11.5. The second-order valence-corrected chi connectivity index (χ2v) is 12.9. The highest BCUT2D eigenvalue weighted by molar-refractivity contribution is 8.07. The Labute approximate surface area is 157 Å². The van der Waals surface area contributed by atoms with E-state index >= 15 is 0 Å². The normalized spacial score (nSPS) is 15.6. The van der Waals surface area contributed by atoms with Gasteiger partial charge in [-0.25, -0.2) is 4.98 Å². The molecule has 0 radical (unpaired) electrons. The Morgan fingerprint density at radius 1 is 1.12 bits per heavy atom. The predicted octanol–water partition coefficient (Wildman–Crippen LogP) is 6.18. The smallest absolute Gasteiger partial charge is 0.126 e. The molecular formula is C21H30NOPS. The van der Waals surface area contributed by atoms with Crippen LogP contribution in [0.5, 0.6) is 0 Å². The lowest BCUT2D eigenvalue weighted by Gasteiger charge is -2.32. The summed E-state index contributed by atoms with van der Waals surface area (Å²) in [5, 5.41) is 2.00. The van der Waals surface area contributed by atoms with Crippen molar-refractivity contribution in [2.24, 2.45) is 5.41 Å². The molecule has 1 aromatic carbocycles. The van der Waals surface area contributed by atoms with E-state index in [1.54, 1.807) is 18.0 Å². The number of hydrogen-bond donors (Lipinski definition) is 0. The van der Waals surface area contributed by atoms with E-state index < -0.39 is 7.14 Å². The number of benzene rings is 1. The topological polar surface area (TPSA) is 30.0 Å². The molecule has 4 heteroatoms. The first kappa shape index (κ1) is 20.3. The van der Waals surface area contributed by atoms with Gasteiger partial charge in [0.15, 0.2) is 0 Å². The van der Waals surface area contributed by atoms with Gasteiger partial charge in [0.05, 0.1) is 10.0 Å². The Kier molecular flexibility index (Phi) is 6.22. The Morgan fingerprint density at radius 2 is 1.72 bits per heavy atom. The number of aromatic nitrogens is 1. The van der Waals surface area contributed by atoms with Gasteiger partial charge < -0.3 is 4.57 Å².